The number of nitrogens with zero attached hydrogens (tertiary/aromatic N) is 3. The zero-order chi connectivity index (χ0) is 23.2. The molecule has 2 amide bonds. The van der Waals surface area contributed by atoms with E-state index in [-0.39, 0.29) is 29.6 Å². The van der Waals surface area contributed by atoms with Gasteiger partial charge in [0.15, 0.2) is 0 Å². The summed E-state index contributed by atoms with van der Waals surface area (Å²) in [5, 5.41) is 3.64. The molecule has 174 valence electrons. The third-order valence-corrected chi connectivity index (χ3v) is 6.24. The molecule has 4 aromatic rings. The van der Waals surface area contributed by atoms with Gasteiger partial charge < -0.3 is 10.2 Å². The molecule has 6 nitrogen and oxygen atoms in total. The highest BCUT2D eigenvalue weighted by Gasteiger charge is 2.37. The number of fused-ring (bicyclic) bond motifs is 1. The molecule has 0 saturated carbocycles. The maximum Gasteiger partial charge on any atom is 0.272 e. The highest BCUT2D eigenvalue weighted by Crippen LogP contribution is 2.36. The van der Waals surface area contributed by atoms with Gasteiger partial charge in [-0.1, -0.05) is 54.6 Å². The van der Waals surface area contributed by atoms with Crippen molar-refractivity contribution in [2.75, 3.05) is 11.4 Å². The van der Waals surface area contributed by atoms with E-state index in [1.165, 1.54) is 6.07 Å². The Morgan fingerprint density at radius 2 is 1.71 bits per heavy atom. The lowest BCUT2D eigenvalue weighted by atomic mass is 9.98. The Morgan fingerprint density at radius 3 is 2.57 bits per heavy atom. The van der Waals surface area contributed by atoms with Gasteiger partial charge in [0, 0.05) is 23.1 Å². The van der Waals surface area contributed by atoms with Crippen LogP contribution >= 0.6 is 12.4 Å². The van der Waals surface area contributed by atoms with E-state index >= 15 is 0 Å². The molecule has 1 aromatic heterocycles. The SMILES string of the molecule is Cl.O=C(NC1N=C(c2ccccc2F)c2cccc3c2N(CC3)C1=O)c1ccc2ccccc2n1. The molecule has 6 rings (SSSR count). The number of para-hydroxylation sites is 2. The maximum absolute atomic E-state index is 14.8. The van der Waals surface area contributed by atoms with Crippen LogP contribution in [0.4, 0.5) is 10.1 Å². The minimum Gasteiger partial charge on any atom is -0.321 e. The number of carbonyl (C=O) groups excluding carboxylic acids is 2. The van der Waals surface area contributed by atoms with Gasteiger partial charge in [-0.05, 0) is 36.2 Å². The predicted molar refractivity (Wildman–Crippen MR) is 135 cm³/mol. The van der Waals surface area contributed by atoms with Crippen molar-refractivity contribution in [2.24, 2.45) is 4.99 Å². The lowest BCUT2D eigenvalue weighted by Crippen LogP contribution is -2.47. The minimum atomic E-state index is -1.21. The number of rotatable bonds is 3. The summed E-state index contributed by atoms with van der Waals surface area (Å²) >= 11 is 0. The average Bonchev–Trinajstić information content (AvgIpc) is 3.26. The summed E-state index contributed by atoms with van der Waals surface area (Å²) in [4.78, 5) is 37.3. The second-order valence-electron chi connectivity index (χ2n) is 8.28. The van der Waals surface area contributed by atoms with Crippen LogP contribution in [0, 0.1) is 5.82 Å². The summed E-state index contributed by atoms with van der Waals surface area (Å²) in [7, 11) is 0. The quantitative estimate of drug-likeness (QED) is 0.469. The molecule has 2 aliphatic rings. The zero-order valence-corrected chi connectivity index (χ0v) is 19.3. The van der Waals surface area contributed by atoms with Gasteiger partial charge in [0.25, 0.3) is 11.8 Å². The number of nitrogens with one attached hydrogen (secondary N) is 1. The van der Waals surface area contributed by atoms with Crippen LogP contribution in [-0.4, -0.2) is 35.2 Å². The van der Waals surface area contributed by atoms with Crippen molar-refractivity contribution < 1.29 is 14.0 Å². The van der Waals surface area contributed by atoms with Crippen molar-refractivity contribution >= 4 is 46.5 Å². The van der Waals surface area contributed by atoms with E-state index in [0.29, 0.717) is 29.8 Å². The second-order valence-corrected chi connectivity index (χ2v) is 8.28. The van der Waals surface area contributed by atoms with Crippen molar-refractivity contribution in [3.63, 3.8) is 0 Å². The van der Waals surface area contributed by atoms with Gasteiger partial charge in [0.05, 0.1) is 16.9 Å². The van der Waals surface area contributed by atoms with Crippen LogP contribution in [0.15, 0.2) is 83.9 Å². The van der Waals surface area contributed by atoms with Gasteiger partial charge in [-0.25, -0.2) is 14.4 Å². The Kier molecular flexibility index (Phi) is 5.78. The van der Waals surface area contributed by atoms with Crippen molar-refractivity contribution in [1.29, 1.82) is 0 Å². The number of benzene rings is 3. The van der Waals surface area contributed by atoms with Crippen LogP contribution in [0.1, 0.15) is 27.2 Å². The molecule has 0 saturated heterocycles. The van der Waals surface area contributed by atoms with Crippen molar-refractivity contribution in [3.8, 4) is 0 Å². The fraction of sp³-hybridized carbons (Fsp3) is 0.111. The van der Waals surface area contributed by atoms with E-state index < -0.39 is 17.9 Å². The first kappa shape index (κ1) is 22.7. The third kappa shape index (κ3) is 3.84. The molecule has 1 N–H and O–H groups in total. The van der Waals surface area contributed by atoms with Crippen LogP contribution in [0.2, 0.25) is 0 Å². The third-order valence-electron chi connectivity index (χ3n) is 6.24. The van der Waals surface area contributed by atoms with Crippen molar-refractivity contribution in [1.82, 2.24) is 10.3 Å². The Bertz CT molecular complexity index is 1520. The predicted octanol–water partition coefficient (Wildman–Crippen LogP) is 4.29. The van der Waals surface area contributed by atoms with Crippen LogP contribution in [0.3, 0.4) is 0 Å². The molecule has 1 unspecified atom stereocenters. The van der Waals surface area contributed by atoms with Crippen molar-refractivity contribution in [2.45, 2.75) is 12.6 Å². The molecule has 8 heteroatoms. The number of aliphatic imine (C=N–C) groups is 1. The van der Waals surface area contributed by atoms with E-state index in [9.17, 15) is 14.0 Å². The normalized spacial score (nSPS) is 16.3. The van der Waals surface area contributed by atoms with Gasteiger partial charge in [0.2, 0.25) is 6.17 Å². The summed E-state index contributed by atoms with van der Waals surface area (Å²) in [6, 6.07) is 22.9. The first-order valence-corrected chi connectivity index (χ1v) is 11.0. The van der Waals surface area contributed by atoms with Gasteiger partial charge in [-0.3, -0.25) is 9.59 Å². The summed E-state index contributed by atoms with van der Waals surface area (Å²) in [6.07, 6.45) is -0.527. The number of halogens is 2. The van der Waals surface area contributed by atoms with Crippen molar-refractivity contribution in [3.05, 3.63) is 107 Å². The van der Waals surface area contributed by atoms with Gasteiger partial charge in [-0.2, -0.15) is 0 Å². The Labute approximate surface area is 206 Å². The Hall–Kier alpha value is -4.10. The lowest BCUT2D eigenvalue weighted by molar-refractivity contribution is -0.120. The summed E-state index contributed by atoms with van der Waals surface area (Å²) in [5.41, 5.74) is 3.87. The second kappa shape index (κ2) is 8.92. The summed E-state index contributed by atoms with van der Waals surface area (Å²) < 4.78 is 14.8. The number of aromatic nitrogens is 1. The number of hydrogen-bond acceptors (Lipinski definition) is 4. The first-order chi connectivity index (χ1) is 16.6. The smallest absolute Gasteiger partial charge is 0.272 e. The largest absolute Gasteiger partial charge is 0.321 e. The lowest BCUT2D eigenvalue weighted by Gasteiger charge is -2.20. The van der Waals surface area contributed by atoms with E-state index in [0.717, 1.165) is 16.6 Å². The molecule has 0 bridgehead atoms. The highest BCUT2D eigenvalue weighted by atomic mass is 35.5. The minimum absolute atomic E-state index is 0. The number of amides is 2. The monoisotopic (exact) mass is 486 g/mol. The van der Waals surface area contributed by atoms with Gasteiger partial charge >= 0.3 is 0 Å². The molecule has 2 aliphatic heterocycles. The molecule has 35 heavy (non-hydrogen) atoms. The molecule has 0 spiro atoms. The number of pyridine rings is 1. The van der Waals surface area contributed by atoms with Crippen LogP contribution < -0.4 is 10.2 Å². The highest BCUT2D eigenvalue weighted by molar-refractivity contribution is 6.21. The molecule has 1 atom stereocenters. The maximum atomic E-state index is 14.8. The summed E-state index contributed by atoms with van der Waals surface area (Å²) in [5.74, 6) is -1.32. The standard InChI is InChI=1S/C27H19FN4O2.ClH/c28-20-10-3-2-8-18(20)23-19-9-5-7-17-14-15-32(24(17)19)27(34)25(30-23)31-26(33)22-13-12-16-6-1-4-11-21(16)29-22;/h1-13,25H,14-15H2,(H,31,33);1H. The average molecular weight is 487 g/mol. The van der Waals surface area contributed by atoms with Crippen LogP contribution in [-0.2, 0) is 11.2 Å². The zero-order valence-electron chi connectivity index (χ0n) is 18.4. The first-order valence-electron chi connectivity index (χ1n) is 11.0. The molecule has 0 radical (unpaired) electrons. The fourth-order valence-corrected chi connectivity index (χ4v) is 4.62. The number of anilines is 1. The molecule has 0 fully saturated rings. The van der Waals surface area contributed by atoms with E-state index in [4.69, 9.17) is 0 Å². The topological polar surface area (TPSA) is 74.7 Å². The Balaban J connectivity index is 0.00000253. The van der Waals surface area contributed by atoms with Crippen LogP contribution in [0.25, 0.3) is 10.9 Å². The van der Waals surface area contributed by atoms with E-state index in [2.05, 4.69) is 15.3 Å². The number of hydrogen-bond donors (Lipinski definition) is 1. The van der Waals surface area contributed by atoms with E-state index in [1.54, 1.807) is 29.2 Å². The van der Waals surface area contributed by atoms with Gasteiger partial charge in [0.1, 0.15) is 11.5 Å². The van der Waals surface area contributed by atoms with Crippen LogP contribution in [0.5, 0.6) is 0 Å². The molecule has 3 aromatic carbocycles. The van der Waals surface area contributed by atoms with E-state index in [1.807, 2.05) is 48.5 Å². The molecular weight excluding hydrogens is 467 g/mol. The summed E-state index contributed by atoms with van der Waals surface area (Å²) in [6.45, 7) is 0.478. The van der Waals surface area contributed by atoms with Gasteiger partial charge in [-0.15, -0.1) is 12.4 Å². The fourth-order valence-electron chi connectivity index (χ4n) is 4.62. The Morgan fingerprint density at radius 1 is 0.943 bits per heavy atom. The molecule has 0 aliphatic carbocycles. The molecule has 3 heterocycles. The molecular formula is C27H20ClFN4O2. The number of carbonyl (C=O) groups is 2.